The molecule has 8 nitrogen and oxygen atoms in total. The van der Waals surface area contributed by atoms with Crippen LogP contribution in [-0.4, -0.2) is 68.5 Å². The number of hydrogen-bond donors (Lipinski definition) is 2. The number of amides is 1. The van der Waals surface area contributed by atoms with Crippen molar-refractivity contribution < 1.29 is 32.9 Å². The van der Waals surface area contributed by atoms with E-state index in [0.29, 0.717) is 23.9 Å². The summed E-state index contributed by atoms with van der Waals surface area (Å²) in [6.45, 7) is 4.74. The molecule has 0 bridgehead atoms. The van der Waals surface area contributed by atoms with Gasteiger partial charge in [-0.05, 0) is 12.8 Å². The summed E-state index contributed by atoms with van der Waals surface area (Å²) in [5.74, 6) is -0.161. The Bertz CT molecular complexity index is 839. The van der Waals surface area contributed by atoms with Gasteiger partial charge < -0.3 is 28.8 Å². The lowest BCUT2D eigenvalue weighted by Gasteiger charge is -2.30. The molecule has 9 heteroatoms. The fourth-order valence-electron chi connectivity index (χ4n) is 6.92. The SMILES string of the molecule is CCCCCCCCCCCCCCCCCCCC(=O)N[C@@H](COP(=O)([O-])OCC[N+](C)(C)C)[C@H](O)CCCCCCCCCCCCCCCC. The maximum Gasteiger partial charge on any atom is 0.268 e. The number of aliphatic hydroxyl groups excluding tert-OH is 1. The second kappa shape index (κ2) is 37.1. The van der Waals surface area contributed by atoms with Gasteiger partial charge in [-0.3, -0.25) is 9.36 Å². The van der Waals surface area contributed by atoms with Crippen LogP contribution >= 0.6 is 7.82 Å². The van der Waals surface area contributed by atoms with Gasteiger partial charge >= 0.3 is 0 Å². The Hall–Kier alpha value is -0.500. The number of likely N-dealkylation sites (N-methyl/N-ethyl adjacent to an activating group) is 1. The first-order chi connectivity index (χ1) is 25.5. The third kappa shape index (κ3) is 39.5. The molecule has 3 atom stereocenters. The zero-order valence-corrected chi connectivity index (χ0v) is 36.9. The number of phosphoric acid groups is 1. The normalized spacial score (nSPS) is 14.3. The van der Waals surface area contributed by atoms with Gasteiger partial charge in [0.25, 0.3) is 7.82 Å². The van der Waals surface area contributed by atoms with E-state index in [9.17, 15) is 19.4 Å². The Morgan fingerprint density at radius 2 is 0.925 bits per heavy atom. The van der Waals surface area contributed by atoms with Crippen LogP contribution in [0.4, 0.5) is 0 Å². The molecule has 0 fully saturated rings. The average molecular weight is 775 g/mol. The van der Waals surface area contributed by atoms with E-state index in [-0.39, 0.29) is 19.1 Å². The van der Waals surface area contributed by atoms with Crippen molar-refractivity contribution in [3.63, 3.8) is 0 Å². The summed E-state index contributed by atoms with van der Waals surface area (Å²) in [7, 11) is 1.32. The van der Waals surface area contributed by atoms with Gasteiger partial charge in [-0.2, -0.15) is 0 Å². The molecule has 0 aliphatic carbocycles. The monoisotopic (exact) mass is 775 g/mol. The number of nitrogens with one attached hydrogen (secondary N) is 1. The van der Waals surface area contributed by atoms with Crippen LogP contribution in [0.1, 0.15) is 226 Å². The highest BCUT2D eigenvalue weighted by Gasteiger charge is 2.24. The quantitative estimate of drug-likeness (QED) is 0.0363. The Balaban J connectivity index is 4.30. The largest absolute Gasteiger partial charge is 0.756 e. The fourth-order valence-corrected chi connectivity index (χ4v) is 7.65. The van der Waals surface area contributed by atoms with E-state index in [4.69, 9.17) is 9.05 Å². The molecule has 0 rings (SSSR count). The third-order valence-corrected chi connectivity index (χ3v) is 11.6. The van der Waals surface area contributed by atoms with Crippen LogP contribution < -0.4 is 10.2 Å². The molecule has 0 heterocycles. The van der Waals surface area contributed by atoms with Crippen LogP contribution in [0.5, 0.6) is 0 Å². The molecule has 0 aliphatic rings. The van der Waals surface area contributed by atoms with Crippen LogP contribution in [0.15, 0.2) is 0 Å². The second-order valence-electron chi connectivity index (χ2n) is 17.1. The summed E-state index contributed by atoms with van der Waals surface area (Å²) >= 11 is 0. The van der Waals surface area contributed by atoms with Crippen molar-refractivity contribution in [1.29, 1.82) is 0 Å². The van der Waals surface area contributed by atoms with Crippen molar-refractivity contribution in [2.24, 2.45) is 0 Å². The summed E-state index contributed by atoms with van der Waals surface area (Å²) in [4.78, 5) is 25.3. The van der Waals surface area contributed by atoms with Crippen LogP contribution in [0.25, 0.3) is 0 Å². The summed E-state index contributed by atoms with van der Waals surface area (Å²) in [5.41, 5.74) is 0. The van der Waals surface area contributed by atoms with Crippen molar-refractivity contribution >= 4 is 13.7 Å². The van der Waals surface area contributed by atoms with Crippen molar-refractivity contribution in [3.8, 4) is 0 Å². The number of aliphatic hydroxyl groups is 1. The van der Waals surface area contributed by atoms with Crippen LogP contribution in [0.3, 0.4) is 0 Å². The number of quaternary nitrogens is 1. The Morgan fingerprint density at radius 3 is 1.28 bits per heavy atom. The van der Waals surface area contributed by atoms with E-state index in [0.717, 1.165) is 38.5 Å². The Labute approximate surface area is 329 Å². The summed E-state index contributed by atoms with van der Waals surface area (Å²) in [6.07, 6.45) is 39.5. The predicted octanol–water partition coefficient (Wildman–Crippen LogP) is 12.0. The Morgan fingerprint density at radius 1 is 0.585 bits per heavy atom. The van der Waals surface area contributed by atoms with Crippen molar-refractivity contribution in [3.05, 3.63) is 0 Å². The summed E-state index contributed by atoms with van der Waals surface area (Å²) in [6, 6.07) is -0.792. The molecule has 1 amide bonds. The predicted molar refractivity (Wildman–Crippen MR) is 224 cm³/mol. The summed E-state index contributed by atoms with van der Waals surface area (Å²) < 4.78 is 23.3. The van der Waals surface area contributed by atoms with Gasteiger partial charge in [-0.15, -0.1) is 0 Å². The zero-order valence-electron chi connectivity index (χ0n) is 36.0. The summed E-state index contributed by atoms with van der Waals surface area (Å²) in [5, 5.41) is 13.9. The number of rotatable bonds is 42. The standard InChI is InChI=1S/C44H91N2O6P/c1-6-8-10-12-14-16-18-20-22-23-24-26-28-30-32-34-36-38-44(48)45-42(41-52-53(49,50)51-40-39-46(3,4)5)43(47)37-35-33-31-29-27-25-21-19-17-15-13-11-9-7-2/h42-43,47H,6-41H2,1-5H3,(H-,45,48,49,50)/t42-,43+/m0/s1. The molecule has 0 saturated heterocycles. The van der Waals surface area contributed by atoms with Crippen LogP contribution in [-0.2, 0) is 18.4 Å². The molecule has 2 N–H and O–H groups in total. The highest BCUT2D eigenvalue weighted by atomic mass is 31.2. The number of nitrogens with zero attached hydrogens (tertiary/aromatic N) is 1. The average Bonchev–Trinajstić information content (AvgIpc) is 3.10. The van der Waals surface area contributed by atoms with E-state index in [1.807, 2.05) is 21.1 Å². The lowest BCUT2D eigenvalue weighted by molar-refractivity contribution is -0.870. The number of carbonyl (C=O) groups is 1. The van der Waals surface area contributed by atoms with Crippen molar-refractivity contribution in [2.45, 2.75) is 238 Å². The number of phosphoric ester groups is 1. The molecule has 0 aliphatic heterocycles. The molecule has 0 spiro atoms. The molecular weight excluding hydrogens is 683 g/mol. The van der Waals surface area contributed by atoms with Gasteiger partial charge in [-0.1, -0.05) is 206 Å². The van der Waals surface area contributed by atoms with Gasteiger partial charge in [0.1, 0.15) is 13.2 Å². The van der Waals surface area contributed by atoms with Crippen LogP contribution in [0.2, 0.25) is 0 Å². The molecule has 53 heavy (non-hydrogen) atoms. The number of hydrogen-bond acceptors (Lipinski definition) is 6. The van der Waals surface area contributed by atoms with Gasteiger partial charge in [0.15, 0.2) is 0 Å². The topological polar surface area (TPSA) is 108 Å². The smallest absolute Gasteiger partial charge is 0.268 e. The number of unbranched alkanes of at least 4 members (excludes halogenated alkanes) is 29. The minimum atomic E-state index is -4.56. The second-order valence-corrected chi connectivity index (χ2v) is 18.5. The van der Waals surface area contributed by atoms with E-state index < -0.39 is 20.0 Å². The maximum absolute atomic E-state index is 12.9. The fraction of sp³-hybridized carbons (Fsp3) is 0.977. The minimum absolute atomic E-state index is 0.0161. The van der Waals surface area contributed by atoms with E-state index in [1.165, 1.54) is 161 Å². The van der Waals surface area contributed by atoms with Crippen LogP contribution in [0, 0.1) is 0 Å². The van der Waals surface area contributed by atoms with Gasteiger partial charge in [0, 0.05) is 6.42 Å². The molecule has 0 aromatic carbocycles. The molecule has 0 radical (unpaired) electrons. The van der Waals surface area contributed by atoms with E-state index in [1.54, 1.807) is 0 Å². The van der Waals surface area contributed by atoms with Gasteiger partial charge in [0.2, 0.25) is 5.91 Å². The number of carbonyl (C=O) groups excluding carboxylic acids is 1. The molecular formula is C44H91N2O6P. The lowest BCUT2D eigenvalue weighted by Crippen LogP contribution is -2.46. The van der Waals surface area contributed by atoms with Crippen molar-refractivity contribution in [1.82, 2.24) is 5.32 Å². The highest BCUT2D eigenvalue weighted by Crippen LogP contribution is 2.38. The van der Waals surface area contributed by atoms with Gasteiger partial charge in [-0.25, -0.2) is 0 Å². The Kier molecular flexibility index (Phi) is 36.7. The lowest BCUT2D eigenvalue weighted by atomic mass is 10.0. The van der Waals surface area contributed by atoms with E-state index in [2.05, 4.69) is 19.2 Å². The highest BCUT2D eigenvalue weighted by molar-refractivity contribution is 7.45. The molecule has 1 unspecified atom stereocenters. The molecule has 318 valence electrons. The maximum atomic E-state index is 12.9. The first kappa shape index (κ1) is 52.5. The van der Waals surface area contributed by atoms with Gasteiger partial charge in [0.05, 0.1) is 39.9 Å². The first-order valence-electron chi connectivity index (χ1n) is 22.9. The van der Waals surface area contributed by atoms with Crippen molar-refractivity contribution in [2.75, 3.05) is 40.9 Å². The minimum Gasteiger partial charge on any atom is -0.756 e. The first-order valence-corrected chi connectivity index (χ1v) is 24.3. The molecule has 0 saturated carbocycles. The zero-order chi connectivity index (χ0) is 39.3. The van der Waals surface area contributed by atoms with E-state index >= 15 is 0 Å². The third-order valence-electron chi connectivity index (χ3n) is 10.6. The molecule has 0 aromatic heterocycles. The molecule has 0 aromatic rings.